The van der Waals surface area contributed by atoms with Crippen LogP contribution in [0.25, 0.3) is 0 Å². The molecule has 1 amide bonds. The molecular formula is C15H26N4O2. The first-order valence-electron chi connectivity index (χ1n) is 7.61. The van der Waals surface area contributed by atoms with Gasteiger partial charge in [0.2, 0.25) is 0 Å². The van der Waals surface area contributed by atoms with E-state index in [0.29, 0.717) is 18.8 Å². The van der Waals surface area contributed by atoms with Gasteiger partial charge in [0.05, 0.1) is 6.26 Å². The average Bonchev–Trinajstić information content (AvgIpc) is 3.02. The van der Waals surface area contributed by atoms with E-state index in [4.69, 9.17) is 4.42 Å². The number of hydrogen-bond acceptors (Lipinski definition) is 3. The highest BCUT2D eigenvalue weighted by Crippen LogP contribution is 1.98. The molecule has 0 unspecified atom stereocenters. The van der Waals surface area contributed by atoms with Crippen LogP contribution in [0.15, 0.2) is 27.8 Å². The van der Waals surface area contributed by atoms with Gasteiger partial charge in [-0.2, -0.15) is 0 Å². The average molecular weight is 294 g/mol. The van der Waals surface area contributed by atoms with Crippen molar-refractivity contribution >= 4 is 11.9 Å². The van der Waals surface area contributed by atoms with Crippen LogP contribution in [0.5, 0.6) is 0 Å². The van der Waals surface area contributed by atoms with Crippen LogP contribution in [-0.2, 0) is 0 Å². The molecule has 6 nitrogen and oxygen atoms in total. The highest BCUT2D eigenvalue weighted by molar-refractivity contribution is 5.91. The summed E-state index contributed by atoms with van der Waals surface area (Å²) in [5.74, 6) is 0.919. The number of carbonyl (C=O) groups excluding carboxylic acids is 1. The Kier molecular flexibility index (Phi) is 8.75. The molecule has 0 saturated heterocycles. The number of guanidine groups is 1. The fourth-order valence-electron chi connectivity index (χ4n) is 1.75. The Labute approximate surface area is 126 Å². The first kappa shape index (κ1) is 17.1. The van der Waals surface area contributed by atoms with E-state index < -0.39 is 0 Å². The summed E-state index contributed by atoms with van der Waals surface area (Å²) in [6.45, 7) is 6.97. The van der Waals surface area contributed by atoms with E-state index in [-0.39, 0.29) is 5.91 Å². The highest BCUT2D eigenvalue weighted by atomic mass is 16.3. The zero-order valence-corrected chi connectivity index (χ0v) is 12.9. The number of furan rings is 1. The molecule has 0 atom stereocenters. The lowest BCUT2D eigenvalue weighted by Crippen LogP contribution is -2.41. The van der Waals surface area contributed by atoms with Gasteiger partial charge in [0, 0.05) is 26.2 Å². The van der Waals surface area contributed by atoms with Gasteiger partial charge < -0.3 is 20.4 Å². The molecule has 0 radical (unpaired) electrons. The third kappa shape index (κ3) is 7.39. The van der Waals surface area contributed by atoms with E-state index in [1.807, 2.05) is 6.92 Å². The van der Waals surface area contributed by atoms with Gasteiger partial charge in [0.15, 0.2) is 11.7 Å². The fourth-order valence-corrected chi connectivity index (χ4v) is 1.75. The normalized spacial score (nSPS) is 11.2. The smallest absolute Gasteiger partial charge is 0.287 e. The highest BCUT2D eigenvalue weighted by Gasteiger charge is 2.06. The molecule has 1 rings (SSSR count). The second-order valence-corrected chi connectivity index (χ2v) is 4.63. The molecule has 0 spiro atoms. The van der Waals surface area contributed by atoms with Crippen LogP contribution in [0.1, 0.15) is 43.7 Å². The van der Waals surface area contributed by atoms with Gasteiger partial charge in [-0.05, 0) is 25.5 Å². The van der Waals surface area contributed by atoms with Crippen LogP contribution in [0.4, 0.5) is 0 Å². The maximum atomic E-state index is 11.6. The van der Waals surface area contributed by atoms with Crippen LogP contribution in [0, 0.1) is 0 Å². The number of amides is 1. The predicted molar refractivity (Wildman–Crippen MR) is 84.5 cm³/mol. The van der Waals surface area contributed by atoms with Crippen molar-refractivity contribution in [2.75, 3.05) is 26.2 Å². The van der Waals surface area contributed by atoms with E-state index >= 15 is 0 Å². The van der Waals surface area contributed by atoms with E-state index in [9.17, 15) is 4.79 Å². The third-order valence-electron chi connectivity index (χ3n) is 2.82. The van der Waals surface area contributed by atoms with E-state index in [2.05, 4.69) is 27.9 Å². The van der Waals surface area contributed by atoms with E-state index in [1.165, 1.54) is 19.1 Å². The van der Waals surface area contributed by atoms with E-state index in [1.54, 1.807) is 12.1 Å². The second-order valence-electron chi connectivity index (χ2n) is 4.63. The second kappa shape index (κ2) is 10.8. The third-order valence-corrected chi connectivity index (χ3v) is 2.82. The lowest BCUT2D eigenvalue weighted by atomic mass is 10.2. The van der Waals surface area contributed by atoms with Gasteiger partial charge in [-0.1, -0.05) is 19.8 Å². The molecule has 118 valence electrons. The molecule has 21 heavy (non-hydrogen) atoms. The Morgan fingerprint density at radius 2 is 2.00 bits per heavy atom. The van der Waals surface area contributed by atoms with Crippen molar-refractivity contribution < 1.29 is 9.21 Å². The quantitative estimate of drug-likeness (QED) is 0.368. The molecular weight excluding hydrogens is 268 g/mol. The number of hydrogen-bond donors (Lipinski definition) is 3. The topological polar surface area (TPSA) is 78.7 Å². The zero-order chi connectivity index (χ0) is 15.3. The van der Waals surface area contributed by atoms with Crippen LogP contribution < -0.4 is 16.0 Å². The van der Waals surface area contributed by atoms with Crippen molar-refractivity contribution in [3.8, 4) is 0 Å². The summed E-state index contributed by atoms with van der Waals surface area (Å²) in [4.78, 5) is 16.1. The van der Waals surface area contributed by atoms with Crippen molar-refractivity contribution in [1.29, 1.82) is 0 Å². The Morgan fingerprint density at radius 3 is 2.67 bits per heavy atom. The molecule has 0 aliphatic carbocycles. The summed E-state index contributed by atoms with van der Waals surface area (Å²) in [6.07, 6.45) is 4.97. The summed E-state index contributed by atoms with van der Waals surface area (Å²) in [7, 11) is 0. The molecule has 3 N–H and O–H groups in total. The summed E-state index contributed by atoms with van der Waals surface area (Å²) in [5.41, 5.74) is 0. The van der Waals surface area contributed by atoms with Crippen molar-refractivity contribution in [2.45, 2.75) is 33.1 Å². The number of carbonyl (C=O) groups is 1. The van der Waals surface area contributed by atoms with E-state index in [0.717, 1.165) is 25.5 Å². The Bertz CT molecular complexity index is 415. The SMILES string of the molecule is CCCCCN=C(NCC)NCCNC(=O)c1ccco1. The Balaban J connectivity index is 2.22. The Morgan fingerprint density at radius 1 is 1.19 bits per heavy atom. The van der Waals surface area contributed by atoms with Gasteiger partial charge in [0.25, 0.3) is 5.91 Å². The minimum Gasteiger partial charge on any atom is -0.459 e. The first-order chi connectivity index (χ1) is 10.3. The molecule has 0 aromatic carbocycles. The first-order valence-corrected chi connectivity index (χ1v) is 7.61. The predicted octanol–water partition coefficient (Wildman–Crippen LogP) is 1.75. The van der Waals surface area contributed by atoms with Crippen molar-refractivity contribution in [2.24, 2.45) is 4.99 Å². The molecule has 6 heteroatoms. The van der Waals surface area contributed by atoms with Crippen LogP contribution >= 0.6 is 0 Å². The largest absolute Gasteiger partial charge is 0.459 e. The van der Waals surface area contributed by atoms with Gasteiger partial charge in [0.1, 0.15) is 0 Å². The lowest BCUT2D eigenvalue weighted by molar-refractivity contribution is 0.0926. The number of rotatable bonds is 9. The van der Waals surface area contributed by atoms with Gasteiger partial charge in [-0.15, -0.1) is 0 Å². The van der Waals surface area contributed by atoms with Crippen LogP contribution in [-0.4, -0.2) is 38.0 Å². The molecule has 1 aromatic rings. The zero-order valence-electron chi connectivity index (χ0n) is 12.9. The van der Waals surface area contributed by atoms with Gasteiger partial charge in [-0.3, -0.25) is 9.79 Å². The summed E-state index contributed by atoms with van der Waals surface area (Å²) in [6, 6.07) is 3.33. The van der Waals surface area contributed by atoms with Crippen molar-refractivity contribution in [3.05, 3.63) is 24.2 Å². The molecule has 0 aliphatic heterocycles. The monoisotopic (exact) mass is 294 g/mol. The maximum absolute atomic E-state index is 11.6. The summed E-state index contributed by atoms with van der Waals surface area (Å²) >= 11 is 0. The van der Waals surface area contributed by atoms with Gasteiger partial charge >= 0.3 is 0 Å². The molecule has 0 fully saturated rings. The minimum absolute atomic E-state index is 0.202. The van der Waals surface area contributed by atoms with Crippen LogP contribution in [0.2, 0.25) is 0 Å². The lowest BCUT2D eigenvalue weighted by Gasteiger charge is -2.11. The van der Waals surface area contributed by atoms with Gasteiger partial charge in [-0.25, -0.2) is 0 Å². The maximum Gasteiger partial charge on any atom is 0.287 e. The number of unbranched alkanes of at least 4 members (excludes halogenated alkanes) is 2. The number of nitrogens with one attached hydrogen (secondary N) is 3. The minimum atomic E-state index is -0.202. The number of aliphatic imine (C=N–C) groups is 1. The standard InChI is InChI=1S/C15H26N4O2/c1-3-5-6-9-18-15(16-4-2)19-11-10-17-14(20)13-8-7-12-21-13/h7-8,12H,3-6,9-11H2,1-2H3,(H,17,20)(H2,16,18,19). The molecule has 0 saturated carbocycles. The van der Waals surface area contributed by atoms with Crippen LogP contribution in [0.3, 0.4) is 0 Å². The molecule has 1 aromatic heterocycles. The molecule has 0 aliphatic rings. The summed E-state index contributed by atoms with van der Waals surface area (Å²) < 4.78 is 5.02. The van der Waals surface area contributed by atoms with Crippen molar-refractivity contribution in [3.63, 3.8) is 0 Å². The number of nitrogens with zero attached hydrogens (tertiary/aromatic N) is 1. The summed E-state index contributed by atoms with van der Waals surface area (Å²) in [5, 5.41) is 9.16. The van der Waals surface area contributed by atoms with Crippen molar-refractivity contribution in [1.82, 2.24) is 16.0 Å². The molecule has 0 bridgehead atoms. The molecule has 1 heterocycles. The fraction of sp³-hybridized carbons (Fsp3) is 0.600. The Hall–Kier alpha value is -1.98.